The van der Waals surface area contributed by atoms with Gasteiger partial charge in [-0.2, -0.15) is 0 Å². The first-order valence-electron chi connectivity index (χ1n) is 12.0. The molecule has 184 valence electrons. The smallest absolute Gasteiger partial charge is 0.320 e. The van der Waals surface area contributed by atoms with Gasteiger partial charge in [-0.15, -0.1) is 0 Å². The van der Waals surface area contributed by atoms with E-state index in [2.05, 4.69) is 37.7 Å². The predicted octanol–water partition coefficient (Wildman–Crippen LogP) is 5.24. The number of anilines is 1. The molecule has 4 aromatic rings. The van der Waals surface area contributed by atoms with E-state index in [1.54, 1.807) is 18.3 Å². The highest BCUT2D eigenvalue weighted by molar-refractivity contribution is 5.89. The maximum absolute atomic E-state index is 12.5. The van der Waals surface area contributed by atoms with Crippen LogP contribution in [-0.4, -0.2) is 38.1 Å². The Morgan fingerprint density at radius 1 is 0.917 bits per heavy atom. The molecule has 0 bridgehead atoms. The molecule has 0 aliphatic rings. The molecule has 4 rings (SSSR count). The molecule has 0 spiro atoms. The van der Waals surface area contributed by atoms with Crippen LogP contribution >= 0.6 is 0 Å². The Kier molecular flexibility index (Phi) is 8.18. The minimum atomic E-state index is -0.818. The summed E-state index contributed by atoms with van der Waals surface area (Å²) in [6.45, 7) is 1.99. The van der Waals surface area contributed by atoms with Crippen molar-refractivity contribution in [3.05, 3.63) is 84.1 Å². The summed E-state index contributed by atoms with van der Waals surface area (Å²) in [4.78, 5) is 36.8. The molecule has 2 aromatic heterocycles. The summed E-state index contributed by atoms with van der Waals surface area (Å²) in [5.41, 5.74) is 4.79. The van der Waals surface area contributed by atoms with Crippen molar-refractivity contribution in [1.82, 2.24) is 20.3 Å². The molecule has 3 N–H and O–H groups in total. The Balaban J connectivity index is 1.34. The van der Waals surface area contributed by atoms with Gasteiger partial charge in [0.15, 0.2) is 5.65 Å². The monoisotopic (exact) mass is 483 g/mol. The molecule has 0 saturated heterocycles. The number of carbonyl (C=O) groups is 2. The van der Waals surface area contributed by atoms with E-state index < -0.39 is 5.97 Å². The van der Waals surface area contributed by atoms with Crippen LogP contribution in [0, 0.1) is 0 Å². The van der Waals surface area contributed by atoms with E-state index in [0.29, 0.717) is 29.1 Å². The van der Waals surface area contributed by atoms with Crippen molar-refractivity contribution in [3.63, 3.8) is 0 Å². The normalized spacial score (nSPS) is 11.7. The number of nitrogens with one attached hydrogen (secondary N) is 2. The van der Waals surface area contributed by atoms with Gasteiger partial charge in [0.1, 0.15) is 11.3 Å². The third-order valence-corrected chi connectivity index (χ3v) is 5.85. The van der Waals surface area contributed by atoms with E-state index in [9.17, 15) is 9.59 Å². The molecule has 2 heterocycles. The number of pyridine rings is 1. The van der Waals surface area contributed by atoms with E-state index in [4.69, 9.17) is 5.11 Å². The van der Waals surface area contributed by atoms with Gasteiger partial charge < -0.3 is 10.4 Å². The fourth-order valence-corrected chi connectivity index (χ4v) is 3.91. The highest BCUT2D eigenvalue weighted by Crippen LogP contribution is 2.20. The first kappa shape index (κ1) is 24.8. The summed E-state index contributed by atoms with van der Waals surface area (Å²) in [6, 6.07) is 21.1. The zero-order valence-electron chi connectivity index (χ0n) is 20.1. The molecule has 8 heteroatoms. The van der Waals surface area contributed by atoms with Crippen LogP contribution in [0.4, 0.5) is 10.6 Å². The first-order chi connectivity index (χ1) is 17.5. The quantitative estimate of drug-likeness (QED) is 0.284. The zero-order valence-corrected chi connectivity index (χ0v) is 20.1. The summed E-state index contributed by atoms with van der Waals surface area (Å²) >= 11 is 0. The van der Waals surface area contributed by atoms with Gasteiger partial charge >= 0.3 is 12.0 Å². The zero-order chi connectivity index (χ0) is 25.3. The molecule has 0 fully saturated rings. The number of nitrogens with zero attached hydrogens (tertiary/aromatic N) is 3. The van der Waals surface area contributed by atoms with Gasteiger partial charge in [0, 0.05) is 18.0 Å². The number of hydrogen-bond acceptors (Lipinski definition) is 5. The molecular weight excluding hydrogens is 454 g/mol. The van der Waals surface area contributed by atoms with Crippen LogP contribution in [0.3, 0.4) is 0 Å². The predicted molar refractivity (Wildman–Crippen MR) is 140 cm³/mol. The Hall–Kier alpha value is -4.33. The second-order valence-electron chi connectivity index (χ2n) is 8.76. The lowest BCUT2D eigenvalue weighted by Crippen LogP contribution is -2.36. The number of rotatable bonds is 10. The van der Waals surface area contributed by atoms with E-state index in [0.717, 1.165) is 30.4 Å². The maximum atomic E-state index is 12.5. The average Bonchev–Trinajstić information content (AvgIpc) is 2.88. The van der Waals surface area contributed by atoms with Gasteiger partial charge in [0.2, 0.25) is 0 Å². The van der Waals surface area contributed by atoms with Crippen LogP contribution in [0.1, 0.15) is 37.3 Å². The molecule has 0 radical (unpaired) electrons. The molecule has 0 aliphatic carbocycles. The van der Waals surface area contributed by atoms with Crippen molar-refractivity contribution in [3.8, 4) is 11.3 Å². The van der Waals surface area contributed by atoms with Crippen molar-refractivity contribution >= 4 is 29.0 Å². The van der Waals surface area contributed by atoms with Gasteiger partial charge in [0.25, 0.3) is 0 Å². The fourth-order valence-electron chi connectivity index (χ4n) is 3.91. The fraction of sp³-hybridized carbons (Fsp3) is 0.250. The highest BCUT2D eigenvalue weighted by atomic mass is 16.4. The second kappa shape index (κ2) is 11.9. The van der Waals surface area contributed by atoms with Gasteiger partial charge in [-0.25, -0.2) is 14.8 Å². The van der Waals surface area contributed by atoms with Gasteiger partial charge in [0.05, 0.1) is 11.9 Å². The summed E-state index contributed by atoms with van der Waals surface area (Å²) < 4.78 is 0. The molecule has 1 atom stereocenters. The lowest BCUT2D eigenvalue weighted by molar-refractivity contribution is -0.136. The third kappa shape index (κ3) is 7.09. The number of amides is 2. The third-order valence-electron chi connectivity index (χ3n) is 5.85. The summed E-state index contributed by atoms with van der Waals surface area (Å²) in [5, 5.41) is 14.6. The number of hydrogen-bond donors (Lipinski definition) is 3. The first-order valence-corrected chi connectivity index (χ1v) is 12.0. The lowest BCUT2D eigenvalue weighted by atomic mass is 10.1. The molecular formula is C28H29N5O3. The summed E-state index contributed by atoms with van der Waals surface area (Å²) in [7, 11) is 0. The average molecular weight is 484 g/mol. The van der Waals surface area contributed by atoms with Gasteiger partial charge in [-0.3, -0.25) is 15.1 Å². The summed E-state index contributed by atoms with van der Waals surface area (Å²) in [5.74, 6) is -0.423. The SMILES string of the molecule is CC(CCCc1ccccc1)NC(=O)Nc1ccc2ncc(-c3ccc(CCC(=O)O)cc3)nc2n1. The standard InChI is InChI=1S/C28H29N5O3/c1-19(6-5-9-20-7-3-2-4-8-20)30-28(36)33-25-16-15-23-27(32-25)31-24(18-29-23)22-13-10-21(11-14-22)12-17-26(34)35/h2-4,7-8,10-11,13-16,18-19H,5-6,9,12,17H2,1H3,(H,34,35)(H2,30,31,32,33,36). The molecule has 2 amide bonds. The Morgan fingerprint density at radius 2 is 1.67 bits per heavy atom. The molecule has 8 nitrogen and oxygen atoms in total. The van der Waals surface area contributed by atoms with E-state index in [-0.39, 0.29) is 18.5 Å². The van der Waals surface area contributed by atoms with Crippen LogP contribution in [-0.2, 0) is 17.6 Å². The molecule has 2 aromatic carbocycles. The molecule has 0 saturated carbocycles. The Labute approximate surface area is 209 Å². The van der Waals surface area contributed by atoms with Crippen molar-refractivity contribution < 1.29 is 14.7 Å². The number of aromatic nitrogens is 3. The van der Waals surface area contributed by atoms with Crippen LogP contribution < -0.4 is 10.6 Å². The van der Waals surface area contributed by atoms with E-state index in [1.807, 2.05) is 49.4 Å². The van der Waals surface area contributed by atoms with Crippen molar-refractivity contribution in [2.75, 3.05) is 5.32 Å². The summed E-state index contributed by atoms with van der Waals surface area (Å²) in [6.07, 6.45) is 5.08. The van der Waals surface area contributed by atoms with E-state index in [1.165, 1.54) is 5.56 Å². The second-order valence-corrected chi connectivity index (χ2v) is 8.76. The number of carbonyl (C=O) groups excluding carboxylic acids is 1. The highest BCUT2D eigenvalue weighted by Gasteiger charge is 2.10. The van der Waals surface area contributed by atoms with Gasteiger partial charge in [-0.1, -0.05) is 54.6 Å². The Morgan fingerprint density at radius 3 is 2.42 bits per heavy atom. The maximum Gasteiger partial charge on any atom is 0.320 e. The molecule has 1 unspecified atom stereocenters. The number of carboxylic acids is 1. The number of benzene rings is 2. The van der Waals surface area contributed by atoms with Crippen LogP contribution in [0.15, 0.2) is 72.9 Å². The number of fused-ring (bicyclic) bond motifs is 1. The topological polar surface area (TPSA) is 117 Å². The van der Waals surface area contributed by atoms with Gasteiger partial charge in [-0.05, 0) is 55.9 Å². The number of urea groups is 1. The van der Waals surface area contributed by atoms with Crippen molar-refractivity contribution in [2.45, 2.75) is 45.1 Å². The number of aliphatic carboxylic acids is 1. The molecule has 0 aliphatic heterocycles. The van der Waals surface area contributed by atoms with Crippen LogP contribution in [0.5, 0.6) is 0 Å². The van der Waals surface area contributed by atoms with Crippen molar-refractivity contribution in [1.29, 1.82) is 0 Å². The van der Waals surface area contributed by atoms with Crippen LogP contribution in [0.2, 0.25) is 0 Å². The lowest BCUT2D eigenvalue weighted by Gasteiger charge is -2.14. The number of carboxylic acid groups (broad SMARTS) is 1. The minimum absolute atomic E-state index is 0.0269. The minimum Gasteiger partial charge on any atom is -0.481 e. The van der Waals surface area contributed by atoms with E-state index >= 15 is 0 Å². The van der Waals surface area contributed by atoms with Crippen LogP contribution in [0.25, 0.3) is 22.4 Å². The van der Waals surface area contributed by atoms with Crippen molar-refractivity contribution in [2.24, 2.45) is 0 Å². The largest absolute Gasteiger partial charge is 0.481 e. The molecule has 36 heavy (non-hydrogen) atoms. The number of aryl methyl sites for hydroxylation is 2. The Bertz CT molecular complexity index is 1330.